The van der Waals surface area contributed by atoms with Crippen molar-refractivity contribution >= 4 is 5.82 Å². The average Bonchev–Trinajstić information content (AvgIpc) is 2.47. The fourth-order valence-electron chi connectivity index (χ4n) is 2.84. The number of piperidine rings is 1. The lowest BCUT2D eigenvalue weighted by molar-refractivity contribution is 0.372. The van der Waals surface area contributed by atoms with Gasteiger partial charge in [-0.25, -0.2) is 4.98 Å². The molecule has 1 aromatic heterocycles. The highest BCUT2D eigenvalue weighted by molar-refractivity contribution is 5.37. The fourth-order valence-corrected chi connectivity index (χ4v) is 2.84. The van der Waals surface area contributed by atoms with Gasteiger partial charge in [0.1, 0.15) is 11.6 Å². The zero-order chi connectivity index (χ0) is 15.2. The number of aromatic nitrogens is 2. The van der Waals surface area contributed by atoms with Crippen LogP contribution in [0, 0.1) is 5.92 Å². The molecule has 2 N–H and O–H groups in total. The van der Waals surface area contributed by atoms with Gasteiger partial charge in [0, 0.05) is 25.1 Å². The summed E-state index contributed by atoms with van der Waals surface area (Å²) >= 11 is 0. The quantitative estimate of drug-likeness (QED) is 0.843. The Bertz CT molecular complexity index is 491. The van der Waals surface area contributed by atoms with Crippen LogP contribution in [-0.4, -0.2) is 36.1 Å². The van der Waals surface area contributed by atoms with Gasteiger partial charge in [-0.15, -0.1) is 0 Å². The maximum Gasteiger partial charge on any atom is 0.252 e. The molecule has 5 heteroatoms. The predicted octanol–water partition coefficient (Wildman–Crippen LogP) is 2.11. The highest BCUT2D eigenvalue weighted by Crippen LogP contribution is 2.19. The molecular weight excluding hydrogens is 264 g/mol. The first-order valence-corrected chi connectivity index (χ1v) is 8.17. The first kappa shape index (κ1) is 16.0. The summed E-state index contributed by atoms with van der Waals surface area (Å²) in [7, 11) is 0. The number of nitrogens with one attached hydrogen (secondary N) is 2. The monoisotopic (exact) mass is 292 g/mol. The largest absolute Gasteiger partial charge is 0.356 e. The summed E-state index contributed by atoms with van der Waals surface area (Å²) in [6.07, 6.45) is 3.48. The summed E-state index contributed by atoms with van der Waals surface area (Å²) in [4.78, 5) is 21.7. The van der Waals surface area contributed by atoms with E-state index in [0.717, 1.165) is 44.2 Å². The van der Waals surface area contributed by atoms with E-state index in [1.54, 1.807) is 6.07 Å². The lowest BCUT2D eigenvalue weighted by atomic mass is 9.97. The van der Waals surface area contributed by atoms with E-state index in [1.807, 2.05) is 0 Å². The van der Waals surface area contributed by atoms with E-state index in [0.29, 0.717) is 5.92 Å². The Balaban J connectivity index is 2.18. The van der Waals surface area contributed by atoms with Gasteiger partial charge in [-0.1, -0.05) is 20.8 Å². The Morgan fingerprint density at radius 1 is 1.38 bits per heavy atom. The molecule has 1 fully saturated rings. The molecule has 0 atom stereocenters. The molecular formula is C16H28N4O. The predicted molar refractivity (Wildman–Crippen MR) is 87.0 cm³/mol. The summed E-state index contributed by atoms with van der Waals surface area (Å²) in [5, 5.41) is 3.40. The van der Waals surface area contributed by atoms with Gasteiger partial charge < -0.3 is 15.2 Å². The highest BCUT2D eigenvalue weighted by Gasteiger charge is 2.18. The van der Waals surface area contributed by atoms with Gasteiger partial charge in [-0.3, -0.25) is 4.79 Å². The molecule has 1 aliphatic heterocycles. The van der Waals surface area contributed by atoms with Crippen molar-refractivity contribution in [1.82, 2.24) is 15.3 Å². The van der Waals surface area contributed by atoms with Crippen molar-refractivity contribution in [3.8, 4) is 0 Å². The SMILES string of the molecule is CCCN(CC1CCNCC1)c1cc(=O)[nH]c(C(C)C)n1. The van der Waals surface area contributed by atoms with E-state index in [2.05, 4.69) is 41.0 Å². The summed E-state index contributed by atoms with van der Waals surface area (Å²) in [6.45, 7) is 10.4. The van der Waals surface area contributed by atoms with E-state index in [9.17, 15) is 4.79 Å². The average molecular weight is 292 g/mol. The van der Waals surface area contributed by atoms with Gasteiger partial charge in [0.25, 0.3) is 5.56 Å². The minimum absolute atomic E-state index is 0.0462. The molecule has 0 amide bonds. The van der Waals surface area contributed by atoms with E-state index in [1.165, 1.54) is 12.8 Å². The molecule has 5 nitrogen and oxygen atoms in total. The van der Waals surface area contributed by atoms with Crippen molar-refractivity contribution in [2.75, 3.05) is 31.1 Å². The topological polar surface area (TPSA) is 61.0 Å². The van der Waals surface area contributed by atoms with Gasteiger partial charge in [0.15, 0.2) is 0 Å². The van der Waals surface area contributed by atoms with Crippen LogP contribution < -0.4 is 15.8 Å². The number of nitrogens with zero attached hydrogens (tertiary/aromatic N) is 2. The van der Waals surface area contributed by atoms with E-state index >= 15 is 0 Å². The molecule has 0 saturated carbocycles. The number of hydrogen-bond donors (Lipinski definition) is 2. The summed E-state index contributed by atoms with van der Waals surface area (Å²) in [6, 6.07) is 1.64. The third kappa shape index (κ3) is 4.56. The molecule has 0 aliphatic carbocycles. The van der Waals surface area contributed by atoms with Crippen LogP contribution in [0.5, 0.6) is 0 Å². The van der Waals surface area contributed by atoms with Crippen molar-refractivity contribution in [2.24, 2.45) is 5.92 Å². The van der Waals surface area contributed by atoms with Gasteiger partial charge in [-0.2, -0.15) is 0 Å². The Labute approximate surface area is 127 Å². The van der Waals surface area contributed by atoms with Gasteiger partial charge in [0.05, 0.1) is 0 Å². The van der Waals surface area contributed by atoms with E-state index in [-0.39, 0.29) is 11.5 Å². The number of hydrogen-bond acceptors (Lipinski definition) is 4. The van der Waals surface area contributed by atoms with Crippen molar-refractivity contribution in [2.45, 2.75) is 46.0 Å². The van der Waals surface area contributed by atoms with Crippen LogP contribution in [0.3, 0.4) is 0 Å². The van der Waals surface area contributed by atoms with E-state index in [4.69, 9.17) is 0 Å². The van der Waals surface area contributed by atoms with Crippen LogP contribution >= 0.6 is 0 Å². The van der Waals surface area contributed by atoms with Crippen LogP contribution in [0.25, 0.3) is 0 Å². The molecule has 1 aliphatic rings. The van der Waals surface area contributed by atoms with Crippen LogP contribution in [0.15, 0.2) is 10.9 Å². The second kappa shape index (κ2) is 7.59. The van der Waals surface area contributed by atoms with Crippen molar-refractivity contribution in [3.05, 3.63) is 22.2 Å². The molecule has 2 heterocycles. The Hall–Kier alpha value is -1.36. The Kier molecular flexibility index (Phi) is 5.79. The zero-order valence-electron chi connectivity index (χ0n) is 13.5. The molecule has 0 unspecified atom stereocenters. The molecule has 1 aromatic rings. The lowest BCUT2D eigenvalue weighted by Gasteiger charge is -2.31. The third-order valence-corrected chi connectivity index (χ3v) is 4.05. The molecule has 21 heavy (non-hydrogen) atoms. The number of H-pyrrole nitrogens is 1. The van der Waals surface area contributed by atoms with Crippen LogP contribution in [0.4, 0.5) is 5.82 Å². The van der Waals surface area contributed by atoms with Crippen LogP contribution in [0.1, 0.15) is 51.8 Å². The van der Waals surface area contributed by atoms with Crippen LogP contribution in [-0.2, 0) is 0 Å². The van der Waals surface area contributed by atoms with Gasteiger partial charge >= 0.3 is 0 Å². The zero-order valence-corrected chi connectivity index (χ0v) is 13.5. The van der Waals surface area contributed by atoms with Crippen molar-refractivity contribution in [1.29, 1.82) is 0 Å². The maximum absolute atomic E-state index is 11.9. The lowest BCUT2D eigenvalue weighted by Crippen LogP contribution is -2.37. The second-order valence-electron chi connectivity index (χ2n) is 6.28. The summed E-state index contributed by atoms with van der Waals surface area (Å²) in [5.41, 5.74) is -0.0462. The van der Waals surface area contributed by atoms with E-state index < -0.39 is 0 Å². The van der Waals surface area contributed by atoms with Gasteiger partial charge in [0.2, 0.25) is 0 Å². The third-order valence-electron chi connectivity index (χ3n) is 4.05. The minimum atomic E-state index is -0.0462. The fraction of sp³-hybridized carbons (Fsp3) is 0.750. The minimum Gasteiger partial charge on any atom is -0.356 e. The second-order valence-corrected chi connectivity index (χ2v) is 6.28. The summed E-state index contributed by atoms with van der Waals surface area (Å²) < 4.78 is 0. The first-order chi connectivity index (χ1) is 10.1. The normalized spacial score (nSPS) is 16.4. The Morgan fingerprint density at radius 3 is 2.71 bits per heavy atom. The molecule has 0 spiro atoms. The maximum atomic E-state index is 11.9. The molecule has 0 radical (unpaired) electrons. The van der Waals surface area contributed by atoms with Gasteiger partial charge in [-0.05, 0) is 38.3 Å². The highest BCUT2D eigenvalue weighted by atomic mass is 16.1. The number of anilines is 1. The van der Waals surface area contributed by atoms with Crippen molar-refractivity contribution in [3.63, 3.8) is 0 Å². The standard InChI is InChI=1S/C16H28N4O/c1-4-9-20(11-13-5-7-17-8-6-13)14-10-15(21)19-16(18-14)12(2)3/h10,12-13,17H,4-9,11H2,1-3H3,(H,18,19,21). The molecule has 1 saturated heterocycles. The molecule has 0 bridgehead atoms. The first-order valence-electron chi connectivity index (χ1n) is 8.17. The molecule has 2 rings (SSSR count). The number of rotatable bonds is 6. The Morgan fingerprint density at radius 2 is 2.10 bits per heavy atom. The number of aromatic amines is 1. The molecule has 118 valence electrons. The smallest absolute Gasteiger partial charge is 0.252 e. The van der Waals surface area contributed by atoms with Crippen LogP contribution in [0.2, 0.25) is 0 Å². The van der Waals surface area contributed by atoms with Crippen molar-refractivity contribution < 1.29 is 0 Å². The summed E-state index contributed by atoms with van der Waals surface area (Å²) in [5.74, 6) is 2.55. The molecule has 0 aromatic carbocycles.